The molecule has 4 N–H and O–H groups in total. The molecule has 0 heterocycles. The Balaban J connectivity index is 0.00000113. The van der Waals surface area contributed by atoms with E-state index in [-0.39, 0.29) is 18.9 Å². The molecule has 29 heavy (non-hydrogen) atoms. The fourth-order valence-corrected chi connectivity index (χ4v) is 1.92. The van der Waals surface area contributed by atoms with Gasteiger partial charge >= 0.3 is 24.1 Å². The van der Waals surface area contributed by atoms with Crippen molar-refractivity contribution >= 4 is 35.4 Å². The lowest BCUT2D eigenvalue weighted by Crippen LogP contribution is -2.37. The van der Waals surface area contributed by atoms with Crippen LogP contribution < -0.4 is 16.0 Å². The molecule has 162 valence electrons. The van der Waals surface area contributed by atoms with Crippen LogP contribution in [0.1, 0.15) is 41.0 Å². The van der Waals surface area contributed by atoms with Gasteiger partial charge in [0.1, 0.15) is 5.60 Å². The van der Waals surface area contributed by atoms with Crippen molar-refractivity contribution in [3.8, 4) is 0 Å². The number of urea groups is 1. The molecular weight excluding hydrogens is 382 g/mol. The Labute approximate surface area is 169 Å². The predicted molar refractivity (Wildman–Crippen MR) is 108 cm³/mol. The van der Waals surface area contributed by atoms with E-state index in [0.717, 1.165) is 4.90 Å². The van der Waals surface area contributed by atoms with Gasteiger partial charge in [-0.2, -0.15) is 0 Å². The monoisotopic (exact) mass is 411 g/mol. The number of carboxylic acids is 1. The number of primary amides is 1. The van der Waals surface area contributed by atoms with E-state index in [9.17, 15) is 19.2 Å². The Hall–Kier alpha value is -3.30. The molecular formula is C19H29N3O7. The van der Waals surface area contributed by atoms with Crippen LogP contribution in [0.25, 0.3) is 0 Å². The zero-order valence-electron chi connectivity index (χ0n) is 17.4. The number of aliphatic carboxylic acids is 1. The minimum absolute atomic E-state index is 0.0382. The topological polar surface area (TPSA) is 148 Å². The molecule has 0 aliphatic carbocycles. The first-order chi connectivity index (χ1) is 13.4. The first-order valence-electron chi connectivity index (χ1n) is 8.88. The van der Waals surface area contributed by atoms with Crippen molar-refractivity contribution in [1.82, 2.24) is 0 Å². The second-order valence-electron chi connectivity index (χ2n) is 6.73. The van der Waals surface area contributed by atoms with Gasteiger partial charge in [0, 0.05) is 24.8 Å². The number of benzene rings is 1. The highest BCUT2D eigenvalue weighted by Gasteiger charge is 2.17. The lowest BCUT2D eigenvalue weighted by molar-refractivity contribution is -0.140. The van der Waals surface area contributed by atoms with Crippen LogP contribution in [-0.2, 0) is 19.1 Å². The van der Waals surface area contributed by atoms with Gasteiger partial charge in [0.15, 0.2) is 0 Å². The van der Waals surface area contributed by atoms with Crippen molar-refractivity contribution < 1.29 is 33.8 Å². The number of nitrogens with two attached hydrogens (primary N) is 1. The van der Waals surface area contributed by atoms with Gasteiger partial charge in [0.2, 0.25) is 0 Å². The summed E-state index contributed by atoms with van der Waals surface area (Å²) in [7, 11) is 0. The number of hydrogen-bond acceptors (Lipinski definition) is 6. The number of carbonyl (C=O) groups excluding carboxylic acids is 3. The summed E-state index contributed by atoms with van der Waals surface area (Å²) < 4.78 is 9.53. The lowest BCUT2D eigenvalue weighted by Gasteiger charge is -2.21. The largest absolute Gasteiger partial charge is 0.481 e. The third-order valence-electron chi connectivity index (χ3n) is 2.99. The van der Waals surface area contributed by atoms with Crippen LogP contribution in [0, 0.1) is 0 Å². The van der Waals surface area contributed by atoms with Crippen LogP contribution in [-0.4, -0.2) is 47.9 Å². The molecule has 1 aromatic carbocycles. The SMILES string of the molecule is CC(C)(C)OC(=O)Nc1ccc(N(CCC(=O)O)C(N)=O)cc1.CCOC(C)=O. The number of hydrogen-bond donors (Lipinski definition) is 3. The molecule has 0 aliphatic rings. The zero-order chi connectivity index (χ0) is 22.6. The fourth-order valence-electron chi connectivity index (χ4n) is 1.92. The molecule has 0 aromatic heterocycles. The summed E-state index contributed by atoms with van der Waals surface area (Å²) in [6.45, 7) is 8.87. The fraction of sp³-hybridized carbons (Fsp3) is 0.474. The van der Waals surface area contributed by atoms with E-state index in [2.05, 4.69) is 10.1 Å². The second-order valence-corrected chi connectivity index (χ2v) is 6.73. The summed E-state index contributed by atoms with van der Waals surface area (Å²) in [6.07, 6.45) is -0.816. The number of nitrogens with one attached hydrogen (secondary N) is 1. The smallest absolute Gasteiger partial charge is 0.412 e. The summed E-state index contributed by atoms with van der Waals surface area (Å²) in [5.74, 6) is -1.24. The molecule has 0 radical (unpaired) electrons. The molecule has 3 amide bonds. The predicted octanol–water partition coefficient (Wildman–Crippen LogP) is 2.96. The van der Waals surface area contributed by atoms with Crippen molar-refractivity contribution in [2.24, 2.45) is 5.73 Å². The Morgan fingerprint density at radius 1 is 1.14 bits per heavy atom. The van der Waals surface area contributed by atoms with E-state index in [1.54, 1.807) is 52.0 Å². The van der Waals surface area contributed by atoms with E-state index >= 15 is 0 Å². The van der Waals surface area contributed by atoms with E-state index in [4.69, 9.17) is 15.6 Å². The van der Waals surface area contributed by atoms with Gasteiger partial charge in [-0.25, -0.2) is 9.59 Å². The van der Waals surface area contributed by atoms with Crippen molar-refractivity contribution in [3.63, 3.8) is 0 Å². The summed E-state index contributed by atoms with van der Waals surface area (Å²) in [4.78, 5) is 44.6. The van der Waals surface area contributed by atoms with Gasteiger partial charge in [-0.1, -0.05) is 0 Å². The number of anilines is 2. The van der Waals surface area contributed by atoms with Crippen molar-refractivity contribution in [2.75, 3.05) is 23.4 Å². The highest BCUT2D eigenvalue weighted by atomic mass is 16.6. The number of esters is 1. The number of rotatable bonds is 6. The minimum Gasteiger partial charge on any atom is -0.481 e. The quantitative estimate of drug-likeness (QED) is 0.609. The van der Waals surface area contributed by atoms with Crippen LogP contribution in [0.2, 0.25) is 0 Å². The number of carbonyl (C=O) groups is 4. The Morgan fingerprint density at radius 2 is 1.69 bits per heavy atom. The van der Waals surface area contributed by atoms with Crippen molar-refractivity contribution in [3.05, 3.63) is 24.3 Å². The van der Waals surface area contributed by atoms with E-state index in [1.807, 2.05) is 0 Å². The van der Waals surface area contributed by atoms with Gasteiger partial charge < -0.3 is 20.3 Å². The second kappa shape index (κ2) is 12.2. The molecule has 0 unspecified atom stereocenters. The summed E-state index contributed by atoms with van der Waals surface area (Å²) in [6, 6.07) is 5.49. The Morgan fingerprint density at radius 3 is 2.03 bits per heavy atom. The third-order valence-corrected chi connectivity index (χ3v) is 2.99. The van der Waals surface area contributed by atoms with Crippen LogP contribution in [0.5, 0.6) is 0 Å². The Bertz CT molecular complexity index is 697. The van der Waals surface area contributed by atoms with Gasteiger partial charge in [-0.15, -0.1) is 0 Å². The van der Waals surface area contributed by atoms with Gasteiger partial charge in [0.05, 0.1) is 13.0 Å². The molecule has 0 aliphatic heterocycles. The van der Waals surface area contributed by atoms with Gasteiger partial charge in [-0.3, -0.25) is 19.8 Å². The van der Waals surface area contributed by atoms with E-state index in [1.165, 1.54) is 6.92 Å². The number of carboxylic acid groups (broad SMARTS) is 1. The van der Waals surface area contributed by atoms with Gasteiger partial charge in [0.25, 0.3) is 0 Å². The molecule has 0 saturated carbocycles. The van der Waals surface area contributed by atoms with Crippen LogP contribution in [0.3, 0.4) is 0 Å². The maximum atomic E-state index is 11.6. The summed E-state index contributed by atoms with van der Waals surface area (Å²) in [5.41, 5.74) is 5.56. The minimum atomic E-state index is -1.03. The average Bonchev–Trinajstić information content (AvgIpc) is 2.54. The van der Waals surface area contributed by atoms with E-state index < -0.39 is 23.7 Å². The summed E-state index contributed by atoms with van der Waals surface area (Å²) in [5, 5.41) is 11.2. The van der Waals surface area contributed by atoms with Crippen molar-refractivity contribution in [2.45, 2.75) is 46.6 Å². The molecule has 10 nitrogen and oxygen atoms in total. The Kier molecular flexibility index (Phi) is 10.8. The normalized spacial score (nSPS) is 10.1. The highest BCUT2D eigenvalue weighted by Crippen LogP contribution is 2.19. The summed E-state index contributed by atoms with van der Waals surface area (Å²) >= 11 is 0. The van der Waals surface area contributed by atoms with Gasteiger partial charge in [-0.05, 0) is 52.0 Å². The molecule has 1 rings (SSSR count). The van der Waals surface area contributed by atoms with Crippen LogP contribution >= 0.6 is 0 Å². The molecule has 10 heteroatoms. The van der Waals surface area contributed by atoms with Crippen molar-refractivity contribution in [1.29, 1.82) is 0 Å². The maximum absolute atomic E-state index is 11.6. The molecule has 0 bridgehead atoms. The molecule has 1 aromatic rings. The number of nitrogens with zero attached hydrogens (tertiary/aromatic N) is 1. The average molecular weight is 411 g/mol. The number of amides is 3. The zero-order valence-corrected chi connectivity index (χ0v) is 17.4. The highest BCUT2D eigenvalue weighted by molar-refractivity contribution is 5.92. The molecule has 0 spiro atoms. The molecule has 0 saturated heterocycles. The standard InChI is InChI=1S/C15H21N3O5.C4H8O2/c1-15(2,3)23-14(22)17-10-4-6-11(7-5-10)18(13(16)21)9-8-12(19)20;1-3-6-4(2)5/h4-7H,8-9H2,1-3H3,(H2,16,21)(H,17,22)(H,19,20);3H2,1-2H3. The molecule has 0 fully saturated rings. The maximum Gasteiger partial charge on any atom is 0.412 e. The third kappa shape index (κ3) is 12.7. The van der Waals surface area contributed by atoms with Crippen LogP contribution in [0.4, 0.5) is 21.0 Å². The first kappa shape index (κ1) is 25.7. The first-order valence-corrected chi connectivity index (χ1v) is 8.88. The lowest BCUT2D eigenvalue weighted by atomic mass is 10.2. The van der Waals surface area contributed by atoms with Crippen LogP contribution in [0.15, 0.2) is 24.3 Å². The molecule has 0 atom stereocenters. The van der Waals surface area contributed by atoms with E-state index in [0.29, 0.717) is 18.0 Å². The number of ether oxygens (including phenoxy) is 2.